The van der Waals surface area contributed by atoms with Crippen LogP contribution in [0.3, 0.4) is 0 Å². The maximum absolute atomic E-state index is 11.6. The fourth-order valence-electron chi connectivity index (χ4n) is 2.30. The Balaban J connectivity index is 1.76. The second-order valence-electron chi connectivity index (χ2n) is 4.95. The zero-order valence-electron chi connectivity index (χ0n) is 10.9. The van der Waals surface area contributed by atoms with Crippen molar-refractivity contribution in [2.24, 2.45) is 5.92 Å². The van der Waals surface area contributed by atoms with Crippen LogP contribution in [0.2, 0.25) is 0 Å². The minimum Gasteiger partial charge on any atom is -0.423 e. The van der Waals surface area contributed by atoms with Crippen LogP contribution in [-0.4, -0.2) is 5.97 Å². The van der Waals surface area contributed by atoms with Crippen LogP contribution >= 0.6 is 0 Å². The van der Waals surface area contributed by atoms with Crippen LogP contribution in [0.1, 0.15) is 39.0 Å². The van der Waals surface area contributed by atoms with E-state index in [4.69, 9.17) is 4.74 Å². The van der Waals surface area contributed by atoms with Crippen molar-refractivity contribution < 1.29 is 9.53 Å². The predicted octanol–water partition coefficient (Wildman–Crippen LogP) is 4.12. The Bertz CT molecular complexity index is 412. The van der Waals surface area contributed by atoms with Crippen LogP contribution in [0.15, 0.2) is 42.0 Å². The highest BCUT2D eigenvalue weighted by atomic mass is 16.5. The average Bonchev–Trinajstić information content (AvgIpc) is 2.33. The Morgan fingerprint density at radius 1 is 1.33 bits per heavy atom. The van der Waals surface area contributed by atoms with E-state index in [1.807, 2.05) is 18.2 Å². The molecule has 1 aromatic rings. The zero-order chi connectivity index (χ0) is 12.8. The molecule has 2 rings (SSSR count). The predicted molar refractivity (Wildman–Crippen MR) is 72.4 cm³/mol. The molecule has 1 saturated carbocycles. The lowest BCUT2D eigenvalue weighted by Crippen LogP contribution is -2.17. The van der Waals surface area contributed by atoms with Gasteiger partial charge in [-0.15, -0.1) is 0 Å². The van der Waals surface area contributed by atoms with Crippen molar-refractivity contribution >= 4 is 5.97 Å². The number of hydrogen-bond donors (Lipinski definition) is 0. The second kappa shape index (κ2) is 6.39. The summed E-state index contributed by atoms with van der Waals surface area (Å²) in [5.41, 5.74) is 1.23. The van der Waals surface area contributed by atoms with E-state index in [2.05, 4.69) is 6.92 Å². The molecule has 0 radical (unpaired) electrons. The topological polar surface area (TPSA) is 26.3 Å². The summed E-state index contributed by atoms with van der Waals surface area (Å²) in [5.74, 6) is 1.16. The summed E-state index contributed by atoms with van der Waals surface area (Å²) in [4.78, 5) is 11.6. The van der Waals surface area contributed by atoms with E-state index in [9.17, 15) is 4.79 Å². The molecule has 0 aromatic heterocycles. The number of carbonyl (C=O) groups excluding carboxylic acids is 1. The van der Waals surface area contributed by atoms with Gasteiger partial charge in [0.25, 0.3) is 0 Å². The van der Waals surface area contributed by atoms with Crippen LogP contribution in [0.4, 0.5) is 0 Å². The molecule has 0 N–H and O–H groups in total. The highest BCUT2D eigenvalue weighted by Gasteiger charge is 2.23. The van der Waals surface area contributed by atoms with Crippen LogP contribution in [0.25, 0.3) is 0 Å². The van der Waals surface area contributed by atoms with E-state index in [1.54, 1.807) is 18.2 Å². The Labute approximate surface area is 109 Å². The van der Waals surface area contributed by atoms with Crippen molar-refractivity contribution in [3.8, 4) is 5.75 Å². The van der Waals surface area contributed by atoms with Gasteiger partial charge in [0, 0.05) is 6.08 Å². The van der Waals surface area contributed by atoms with Gasteiger partial charge in [-0.05, 0) is 37.3 Å². The van der Waals surface area contributed by atoms with Crippen LogP contribution in [-0.2, 0) is 4.79 Å². The minimum atomic E-state index is -0.245. The van der Waals surface area contributed by atoms with Crippen LogP contribution in [0, 0.1) is 5.92 Å². The molecule has 0 heterocycles. The summed E-state index contributed by atoms with van der Waals surface area (Å²) in [7, 11) is 0. The van der Waals surface area contributed by atoms with Gasteiger partial charge >= 0.3 is 5.97 Å². The molecule has 2 heteroatoms. The van der Waals surface area contributed by atoms with Crippen molar-refractivity contribution in [1.82, 2.24) is 0 Å². The maximum atomic E-state index is 11.6. The number of hydrogen-bond acceptors (Lipinski definition) is 2. The van der Waals surface area contributed by atoms with Crippen molar-refractivity contribution in [3.63, 3.8) is 0 Å². The smallest absolute Gasteiger partial charge is 0.336 e. The number of allylic oxidation sites excluding steroid dienone is 1. The molecule has 1 aromatic carbocycles. The summed E-state index contributed by atoms with van der Waals surface area (Å²) in [5, 5.41) is 0. The number of carbonyl (C=O) groups is 1. The largest absolute Gasteiger partial charge is 0.423 e. The maximum Gasteiger partial charge on any atom is 0.336 e. The van der Waals surface area contributed by atoms with E-state index in [1.165, 1.54) is 24.8 Å². The van der Waals surface area contributed by atoms with Gasteiger partial charge in [-0.3, -0.25) is 0 Å². The van der Waals surface area contributed by atoms with Gasteiger partial charge in [-0.2, -0.15) is 0 Å². The summed E-state index contributed by atoms with van der Waals surface area (Å²) in [6.07, 6.45) is 7.66. The summed E-state index contributed by atoms with van der Waals surface area (Å²) in [6, 6.07) is 9.21. The lowest BCUT2D eigenvalue weighted by atomic mass is 9.77. The molecule has 0 unspecified atom stereocenters. The third-order valence-electron chi connectivity index (χ3n) is 3.35. The molecule has 18 heavy (non-hydrogen) atoms. The van der Waals surface area contributed by atoms with Crippen molar-refractivity contribution in [1.29, 1.82) is 0 Å². The van der Waals surface area contributed by atoms with Crippen molar-refractivity contribution in [3.05, 3.63) is 42.0 Å². The average molecular weight is 244 g/mol. The molecular weight excluding hydrogens is 224 g/mol. The number of para-hydroxylation sites is 1. The molecule has 96 valence electrons. The number of rotatable bonds is 5. The highest BCUT2D eigenvalue weighted by molar-refractivity contribution is 5.85. The van der Waals surface area contributed by atoms with Crippen molar-refractivity contribution in [2.75, 3.05) is 0 Å². The lowest BCUT2D eigenvalue weighted by Gasteiger charge is -2.28. The molecule has 0 atom stereocenters. The standard InChI is InChI=1S/C16H20O2/c1-2-3-7-13-10-14(11-13)12-16(17)18-15-8-5-4-6-9-15/h4-6,8-9,12-13H,2-3,7,10-11H2,1H3. The molecule has 0 spiro atoms. The third-order valence-corrected chi connectivity index (χ3v) is 3.35. The minimum absolute atomic E-state index is 0.245. The normalized spacial score (nSPS) is 18.1. The Hall–Kier alpha value is -1.57. The summed E-state index contributed by atoms with van der Waals surface area (Å²) < 4.78 is 5.22. The van der Waals surface area contributed by atoms with Gasteiger partial charge in [0.2, 0.25) is 0 Å². The van der Waals surface area contributed by atoms with Crippen molar-refractivity contribution in [2.45, 2.75) is 39.0 Å². The number of esters is 1. The van der Waals surface area contributed by atoms with Gasteiger partial charge in [-0.1, -0.05) is 43.5 Å². The van der Waals surface area contributed by atoms with Gasteiger partial charge in [0.15, 0.2) is 0 Å². The summed E-state index contributed by atoms with van der Waals surface area (Å²) in [6.45, 7) is 2.21. The van der Waals surface area contributed by atoms with Gasteiger partial charge in [0.05, 0.1) is 0 Å². The van der Waals surface area contributed by atoms with E-state index in [0.29, 0.717) is 5.75 Å². The number of ether oxygens (including phenoxy) is 1. The van der Waals surface area contributed by atoms with Crippen LogP contribution in [0.5, 0.6) is 5.75 Å². The molecule has 0 amide bonds. The quantitative estimate of drug-likeness (QED) is 0.442. The Morgan fingerprint density at radius 3 is 2.72 bits per heavy atom. The zero-order valence-corrected chi connectivity index (χ0v) is 10.9. The molecule has 0 aliphatic heterocycles. The molecule has 0 saturated heterocycles. The fourth-order valence-corrected chi connectivity index (χ4v) is 2.30. The first-order chi connectivity index (χ1) is 8.78. The van der Waals surface area contributed by atoms with E-state index >= 15 is 0 Å². The van der Waals surface area contributed by atoms with Gasteiger partial charge in [-0.25, -0.2) is 4.79 Å². The number of unbranched alkanes of at least 4 members (excludes halogenated alkanes) is 1. The van der Waals surface area contributed by atoms with Gasteiger partial charge in [0.1, 0.15) is 5.75 Å². The fraction of sp³-hybridized carbons (Fsp3) is 0.438. The molecule has 1 aliphatic carbocycles. The molecule has 0 bridgehead atoms. The molecule has 2 nitrogen and oxygen atoms in total. The van der Waals surface area contributed by atoms with E-state index < -0.39 is 0 Å². The first-order valence-corrected chi connectivity index (χ1v) is 6.74. The van der Waals surface area contributed by atoms with E-state index in [-0.39, 0.29) is 5.97 Å². The second-order valence-corrected chi connectivity index (χ2v) is 4.95. The lowest BCUT2D eigenvalue weighted by molar-refractivity contribution is -0.129. The number of benzene rings is 1. The first kappa shape index (κ1) is 12.9. The highest BCUT2D eigenvalue weighted by Crippen LogP contribution is 2.36. The Morgan fingerprint density at radius 2 is 2.06 bits per heavy atom. The summed E-state index contributed by atoms with van der Waals surface area (Å²) >= 11 is 0. The molecule has 1 fully saturated rings. The molecular formula is C16H20O2. The van der Waals surface area contributed by atoms with Crippen LogP contribution < -0.4 is 4.74 Å². The van der Waals surface area contributed by atoms with Gasteiger partial charge < -0.3 is 4.74 Å². The SMILES string of the molecule is CCCCC1CC(=CC(=O)Oc2ccccc2)C1. The Kier molecular flexibility index (Phi) is 4.57. The first-order valence-electron chi connectivity index (χ1n) is 6.74. The third kappa shape index (κ3) is 3.73. The van der Waals surface area contributed by atoms with E-state index in [0.717, 1.165) is 18.8 Å². The molecule has 1 aliphatic rings. The monoisotopic (exact) mass is 244 g/mol.